The van der Waals surface area contributed by atoms with E-state index in [1.807, 2.05) is 18.2 Å². The van der Waals surface area contributed by atoms with E-state index < -0.39 is 11.7 Å². The maximum atomic E-state index is 14.3. The van der Waals surface area contributed by atoms with E-state index in [0.29, 0.717) is 49.2 Å². The van der Waals surface area contributed by atoms with Crippen LogP contribution >= 0.6 is 11.3 Å². The molecule has 3 heterocycles. The highest BCUT2D eigenvalue weighted by atomic mass is 32.1. The molecule has 0 unspecified atom stereocenters. The van der Waals surface area contributed by atoms with Gasteiger partial charge >= 0.3 is 0 Å². The van der Waals surface area contributed by atoms with Gasteiger partial charge in [0.2, 0.25) is 5.88 Å². The zero-order valence-electron chi connectivity index (χ0n) is 27.5. The Kier molecular flexibility index (Phi) is 11.1. The maximum Gasteiger partial charge on any atom is 0.270 e. The Balaban J connectivity index is 1.03. The number of nitrogens with zero attached hydrogens (tertiary/aromatic N) is 3. The van der Waals surface area contributed by atoms with Crippen LogP contribution in [-0.2, 0) is 6.42 Å². The molecule has 11 heteroatoms. The topological polar surface area (TPSA) is 108 Å². The van der Waals surface area contributed by atoms with Crippen LogP contribution in [0, 0.1) is 5.82 Å². The normalized spacial score (nSPS) is 21.4. The van der Waals surface area contributed by atoms with E-state index in [4.69, 9.17) is 4.74 Å². The minimum absolute atomic E-state index is 0.0148. The number of aryl methyl sites for hydroxylation is 1. The van der Waals surface area contributed by atoms with Crippen LogP contribution in [0.2, 0.25) is 0 Å². The highest BCUT2D eigenvalue weighted by molar-refractivity contribution is 7.07. The van der Waals surface area contributed by atoms with Crippen molar-refractivity contribution in [1.82, 2.24) is 30.8 Å². The van der Waals surface area contributed by atoms with Crippen LogP contribution in [0.4, 0.5) is 4.39 Å². The molecule has 4 aromatic rings. The van der Waals surface area contributed by atoms with Gasteiger partial charge in [0.25, 0.3) is 11.8 Å². The number of piperazine rings is 1. The van der Waals surface area contributed by atoms with E-state index in [-0.39, 0.29) is 29.4 Å². The van der Waals surface area contributed by atoms with Crippen molar-refractivity contribution >= 4 is 23.2 Å². The molecule has 0 bridgehead atoms. The minimum Gasteiger partial charge on any atom is -0.438 e. The van der Waals surface area contributed by atoms with Crippen LogP contribution in [0.25, 0.3) is 11.1 Å². The zero-order chi connectivity index (χ0) is 33.5. The molecule has 1 saturated carbocycles. The maximum absolute atomic E-state index is 14.3. The number of thiazole rings is 1. The summed E-state index contributed by atoms with van der Waals surface area (Å²) in [5, 5.41) is 11.3. The number of aromatic nitrogens is 2. The van der Waals surface area contributed by atoms with Gasteiger partial charge in [-0.2, -0.15) is 0 Å². The average molecular weight is 671 g/mol. The molecule has 0 radical (unpaired) electrons. The number of rotatable bonds is 11. The predicted octanol–water partition coefficient (Wildman–Crippen LogP) is 6.22. The molecule has 9 nitrogen and oxygen atoms in total. The third-order valence-corrected chi connectivity index (χ3v) is 9.62. The highest BCUT2D eigenvalue weighted by Crippen LogP contribution is 2.29. The Bertz CT molecular complexity index is 1670. The molecule has 48 heavy (non-hydrogen) atoms. The van der Waals surface area contributed by atoms with Gasteiger partial charge in [0.05, 0.1) is 11.7 Å². The molecule has 1 saturated heterocycles. The van der Waals surface area contributed by atoms with Gasteiger partial charge in [-0.25, -0.2) is 14.4 Å². The Hall–Kier alpha value is -4.19. The van der Waals surface area contributed by atoms with Crippen LogP contribution in [0.3, 0.4) is 0 Å². The smallest absolute Gasteiger partial charge is 0.270 e. The van der Waals surface area contributed by atoms with E-state index in [0.717, 1.165) is 55.9 Å². The molecule has 3 N–H and O–H groups in total. The molecule has 1 aliphatic carbocycles. The van der Waals surface area contributed by atoms with Gasteiger partial charge in [0.1, 0.15) is 22.8 Å². The lowest BCUT2D eigenvalue weighted by molar-refractivity contribution is 0.0888. The summed E-state index contributed by atoms with van der Waals surface area (Å²) < 4.78 is 20.4. The summed E-state index contributed by atoms with van der Waals surface area (Å²) in [6.07, 6.45) is 6.00. The number of carbonyl (C=O) groups is 2. The Morgan fingerprint density at radius 3 is 2.33 bits per heavy atom. The van der Waals surface area contributed by atoms with Crippen molar-refractivity contribution in [3.63, 3.8) is 0 Å². The van der Waals surface area contributed by atoms with Gasteiger partial charge in [-0.15, -0.1) is 11.3 Å². The number of ether oxygens (including phenoxy) is 1. The van der Waals surface area contributed by atoms with Gasteiger partial charge in [-0.05, 0) is 93.8 Å². The first-order valence-electron chi connectivity index (χ1n) is 16.8. The molecule has 2 atom stereocenters. The van der Waals surface area contributed by atoms with Crippen LogP contribution in [0.15, 0.2) is 71.7 Å². The SMILES string of the molecule is C[C@@H]1CN(CCCc2ccc(-c3cccc(Oc4ncc(F)cc4C(=O)NC4CCC(NC(=O)c5cscn5)CC4)c3)cc2)C[C@H](C)N1. The molecule has 2 amide bonds. The fraction of sp³-hybridized carbons (Fsp3) is 0.405. The molecule has 2 fully saturated rings. The fourth-order valence-corrected chi connectivity index (χ4v) is 7.28. The average Bonchev–Trinajstić information content (AvgIpc) is 3.62. The second kappa shape index (κ2) is 15.8. The molecule has 252 valence electrons. The molecule has 6 rings (SSSR count). The van der Waals surface area contributed by atoms with Crippen molar-refractivity contribution < 1.29 is 18.7 Å². The lowest BCUT2D eigenvalue weighted by Crippen LogP contribution is -2.54. The summed E-state index contributed by atoms with van der Waals surface area (Å²) in [4.78, 5) is 36.4. The molecular weight excluding hydrogens is 628 g/mol. The van der Waals surface area contributed by atoms with E-state index in [2.05, 4.69) is 68.9 Å². The molecule has 2 aromatic carbocycles. The minimum atomic E-state index is -0.619. The van der Waals surface area contributed by atoms with Gasteiger partial charge in [-0.3, -0.25) is 9.59 Å². The third-order valence-electron chi connectivity index (χ3n) is 9.03. The summed E-state index contributed by atoms with van der Waals surface area (Å²) in [6.45, 7) is 7.79. The Labute approximate surface area is 285 Å². The fourth-order valence-electron chi connectivity index (χ4n) is 6.74. The molecule has 0 spiro atoms. The standard InChI is InChI=1S/C37H43FN6O3S/c1-24-20-44(21-25(2)41-24)16-4-5-26-8-10-27(11-9-26)28-6-3-7-32(17-28)47-37-33(18-29(38)19-39-37)35(45)42-30-12-14-31(15-13-30)43-36(46)34-22-48-23-40-34/h3,6-11,17-19,22-25,30-31,41H,4-5,12-16,20-21H2,1-2H3,(H,42,45)(H,43,46)/t24-,25+,30?,31?. The summed E-state index contributed by atoms with van der Waals surface area (Å²) in [6, 6.07) is 18.3. The van der Waals surface area contributed by atoms with Crippen molar-refractivity contribution in [2.75, 3.05) is 19.6 Å². The largest absolute Gasteiger partial charge is 0.438 e. The molecular formula is C37H43FN6O3S. The lowest BCUT2D eigenvalue weighted by atomic mass is 9.91. The molecule has 1 aliphatic heterocycles. The Morgan fingerprint density at radius 2 is 1.65 bits per heavy atom. The van der Waals surface area contributed by atoms with Crippen molar-refractivity contribution in [3.8, 4) is 22.8 Å². The van der Waals surface area contributed by atoms with Crippen LogP contribution in [0.1, 0.15) is 72.4 Å². The van der Waals surface area contributed by atoms with E-state index >= 15 is 0 Å². The second-order valence-corrected chi connectivity index (χ2v) is 13.8. The van der Waals surface area contributed by atoms with Crippen LogP contribution in [-0.4, -0.2) is 70.5 Å². The molecule has 2 aromatic heterocycles. The van der Waals surface area contributed by atoms with Crippen LogP contribution in [0.5, 0.6) is 11.6 Å². The molecule has 2 aliphatic rings. The van der Waals surface area contributed by atoms with Gasteiger partial charge in [0.15, 0.2) is 0 Å². The van der Waals surface area contributed by atoms with Gasteiger partial charge < -0.3 is 25.6 Å². The first-order chi connectivity index (χ1) is 23.3. The van der Waals surface area contributed by atoms with Crippen molar-refractivity contribution in [3.05, 3.63) is 94.3 Å². The quantitative estimate of drug-likeness (QED) is 0.174. The monoisotopic (exact) mass is 670 g/mol. The van der Waals surface area contributed by atoms with Crippen molar-refractivity contribution in [1.29, 1.82) is 0 Å². The number of pyridine rings is 1. The number of hydrogen-bond acceptors (Lipinski definition) is 8. The zero-order valence-corrected chi connectivity index (χ0v) is 28.3. The number of hydrogen-bond donors (Lipinski definition) is 3. The van der Waals surface area contributed by atoms with E-state index in [1.54, 1.807) is 17.0 Å². The summed E-state index contributed by atoms with van der Waals surface area (Å²) in [7, 11) is 0. The number of benzene rings is 2. The summed E-state index contributed by atoms with van der Waals surface area (Å²) in [5.41, 5.74) is 5.41. The van der Waals surface area contributed by atoms with E-state index in [9.17, 15) is 14.0 Å². The second-order valence-electron chi connectivity index (χ2n) is 13.0. The lowest BCUT2D eigenvalue weighted by Gasteiger charge is -2.36. The van der Waals surface area contributed by atoms with Crippen LogP contribution < -0.4 is 20.7 Å². The predicted molar refractivity (Wildman–Crippen MR) is 186 cm³/mol. The van der Waals surface area contributed by atoms with Crippen molar-refractivity contribution in [2.24, 2.45) is 0 Å². The highest BCUT2D eigenvalue weighted by Gasteiger charge is 2.26. The first-order valence-corrected chi connectivity index (χ1v) is 17.7. The van der Waals surface area contributed by atoms with Gasteiger partial charge in [-0.1, -0.05) is 36.4 Å². The third kappa shape index (κ3) is 9.03. The Morgan fingerprint density at radius 1 is 0.938 bits per heavy atom. The van der Waals surface area contributed by atoms with Gasteiger partial charge in [0, 0.05) is 42.6 Å². The summed E-state index contributed by atoms with van der Waals surface area (Å²) in [5.74, 6) is -0.704. The van der Waals surface area contributed by atoms with Crippen molar-refractivity contribution in [2.45, 2.75) is 76.5 Å². The number of carbonyl (C=O) groups excluding carboxylic acids is 2. The number of halogens is 1. The summed E-state index contributed by atoms with van der Waals surface area (Å²) >= 11 is 1.38. The first kappa shape index (κ1) is 33.7. The number of amides is 2. The van der Waals surface area contributed by atoms with E-state index in [1.165, 1.54) is 16.9 Å². The number of nitrogens with one attached hydrogen (secondary N) is 3.